The van der Waals surface area contributed by atoms with Gasteiger partial charge in [0.1, 0.15) is 5.54 Å². The number of unbranched alkanes of at least 4 members (excludes halogenated alkanes) is 1. The molecule has 0 aromatic carbocycles. The Hall–Kier alpha value is -0.590. The van der Waals surface area contributed by atoms with Crippen molar-refractivity contribution in [2.75, 3.05) is 13.1 Å². The van der Waals surface area contributed by atoms with E-state index in [1.165, 1.54) is 32.2 Å². The monoisotopic (exact) mass is 279 g/mol. The van der Waals surface area contributed by atoms with Crippen molar-refractivity contribution in [2.24, 2.45) is 0 Å². The Kier molecular flexibility index (Phi) is 7.55. The summed E-state index contributed by atoms with van der Waals surface area (Å²) in [6, 6.07) is 3.79. The number of nitrogens with zero attached hydrogens (tertiary/aromatic N) is 2. The molecule has 1 aliphatic carbocycles. The van der Waals surface area contributed by atoms with E-state index in [0.717, 1.165) is 25.8 Å². The lowest BCUT2D eigenvalue weighted by atomic mass is 9.98. The quantitative estimate of drug-likeness (QED) is 0.699. The van der Waals surface area contributed by atoms with Gasteiger partial charge in [0.2, 0.25) is 0 Å². The zero-order valence-corrected chi connectivity index (χ0v) is 13.9. The van der Waals surface area contributed by atoms with Crippen LogP contribution in [-0.4, -0.2) is 35.6 Å². The minimum atomic E-state index is -0.265. The fourth-order valence-corrected chi connectivity index (χ4v) is 3.31. The Labute approximate surface area is 125 Å². The lowest BCUT2D eigenvalue weighted by Gasteiger charge is -2.35. The predicted octanol–water partition coefficient (Wildman–Crippen LogP) is 3.70. The zero-order chi connectivity index (χ0) is 15.0. The van der Waals surface area contributed by atoms with Crippen molar-refractivity contribution in [3.63, 3.8) is 0 Å². The summed E-state index contributed by atoms with van der Waals surface area (Å²) in [4.78, 5) is 2.66. The number of hydrogen-bond acceptors (Lipinski definition) is 3. The molecule has 3 heteroatoms. The van der Waals surface area contributed by atoms with Gasteiger partial charge in [-0.25, -0.2) is 0 Å². The molecule has 1 aliphatic rings. The topological polar surface area (TPSA) is 39.1 Å². The van der Waals surface area contributed by atoms with Crippen LogP contribution in [-0.2, 0) is 0 Å². The van der Waals surface area contributed by atoms with E-state index in [1.54, 1.807) is 0 Å². The SMILES string of the molecule is CCCCN(C(C)CC)C1CCC(C#N)(NCCC)C1. The molecule has 1 rings (SSSR count). The Morgan fingerprint density at radius 3 is 2.65 bits per heavy atom. The molecule has 1 N–H and O–H groups in total. The average molecular weight is 279 g/mol. The van der Waals surface area contributed by atoms with Gasteiger partial charge in [0.05, 0.1) is 6.07 Å². The summed E-state index contributed by atoms with van der Waals surface area (Å²) in [6.07, 6.45) is 7.98. The molecule has 0 saturated heterocycles. The first-order valence-electron chi connectivity index (χ1n) is 8.54. The van der Waals surface area contributed by atoms with Crippen molar-refractivity contribution in [3.8, 4) is 6.07 Å². The van der Waals surface area contributed by atoms with Crippen molar-refractivity contribution in [1.29, 1.82) is 5.26 Å². The smallest absolute Gasteiger partial charge is 0.108 e. The standard InChI is InChI=1S/C17H33N3/c1-5-8-12-20(15(4)7-3)16-9-10-17(13-16,14-18)19-11-6-2/h15-16,19H,5-13H2,1-4H3. The molecule has 1 fully saturated rings. The summed E-state index contributed by atoms with van der Waals surface area (Å²) in [5.74, 6) is 0. The van der Waals surface area contributed by atoms with Gasteiger partial charge >= 0.3 is 0 Å². The van der Waals surface area contributed by atoms with Crippen LogP contribution in [0.15, 0.2) is 0 Å². The summed E-state index contributed by atoms with van der Waals surface area (Å²) in [6.45, 7) is 11.2. The maximum absolute atomic E-state index is 9.58. The molecule has 0 radical (unpaired) electrons. The minimum absolute atomic E-state index is 0.265. The van der Waals surface area contributed by atoms with E-state index in [2.05, 4.69) is 44.0 Å². The number of nitrogens with one attached hydrogen (secondary N) is 1. The van der Waals surface area contributed by atoms with Crippen LogP contribution in [0.3, 0.4) is 0 Å². The first-order chi connectivity index (χ1) is 9.62. The van der Waals surface area contributed by atoms with Gasteiger partial charge in [-0.1, -0.05) is 27.2 Å². The molecule has 0 aliphatic heterocycles. The van der Waals surface area contributed by atoms with Gasteiger partial charge in [0, 0.05) is 12.1 Å². The molecule has 0 spiro atoms. The van der Waals surface area contributed by atoms with Crippen LogP contribution in [0.25, 0.3) is 0 Å². The summed E-state index contributed by atoms with van der Waals surface area (Å²) in [5, 5.41) is 13.1. The van der Waals surface area contributed by atoms with Gasteiger partial charge in [-0.05, 0) is 58.5 Å². The number of nitriles is 1. The summed E-state index contributed by atoms with van der Waals surface area (Å²) >= 11 is 0. The Morgan fingerprint density at radius 2 is 2.10 bits per heavy atom. The third kappa shape index (κ3) is 4.46. The lowest BCUT2D eigenvalue weighted by molar-refractivity contribution is 0.135. The first-order valence-corrected chi connectivity index (χ1v) is 8.54. The number of rotatable bonds is 9. The molecule has 0 aromatic heterocycles. The van der Waals surface area contributed by atoms with Gasteiger partial charge in [0.15, 0.2) is 0 Å². The molecule has 116 valence electrons. The van der Waals surface area contributed by atoms with Crippen LogP contribution in [0.1, 0.15) is 72.6 Å². The van der Waals surface area contributed by atoms with E-state index < -0.39 is 0 Å². The molecule has 0 heterocycles. The van der Waals surface area contributed by atoms with Crippen LogP contribution in [0.4, 0.5) is 0 Å². The zero-order valence-electron chi connectivity index (χ0n) is 13.9. The van der Waals surface area contributed by atoms with E-state index >= 15 is 0 Å². The van der Waals surface area contributed by atoms with Crippen molar-refractivity contribution in [2.45, 2.75) is 90.3 Å². The largest absolute Gasteiger partial charge is 0.299 e. The second-order valence-corrected chi connectivity index (χ2v) is 6.37. The first kappa shape index (κ1) is 17.5. The third-order valence-electron chi connectivity index (χ3n) is 4.81. The highest BCUT2D eigenvalue weighted by Crippen LogP contribution is 2.34. The van der Waals surface area contributed by atoms with Gasteiger partial charge in [-0.3, -0.25) is 10.2 Å². The Bertz CT molecular complexity index is 310. The van der Waals surface area contributed by atoms with Gasteiger partial charge in [-0.2, -0.15) is 5.26 Å². The molecule has 0 aromatic rings. The van der Waals surface area contributed by atoms with Crippen molar-refractivity contribution < 1.29 is 0 Å². The average Bonchev–Trinajstić information content (AvgIpc) is 2.90. The van der Waals surface area contributed by atoms with Crippen LogP contribution in [0.2, 0.25) is 0 Å². The highest BCUT2D eigenvalue weighted by atomic mass is 15.2. The van der Waals surface area contributed by atoms with E-state index in [9.17, 15) is 5.26 Å². The Morgan fingerprint density at radius 1 is 1.35 bits per heavy atom. The number of hydrogen-bond donors (Lipinski definition) is 1. The van der Waals surface area contributed by atoms with Gasteiger partial charge in [0.25, 0.3) is 0 Å². The predicted molar refractivity (Wildman–Crippen MR) is 85.6 cm³/mol. The second kappa shape index (κ2) is 8.64. The normalized spacial score (nSPS) is 27.7. The van der Waals surface area contributed by atoms with E-state index in [4.69, 9.17) is 0 Å². The van der Waals surface area contributed by atoms with E-state index in [0.29, 0.717) is 12.1 Å². The van der Waals surface area contributed by atoms with Crippen LogP contribution in [0, 0.1) is 11.3 Å². The van der Waals surface area contributed by atoms with Crippen LogP contribution >= 0.6 is 0 Å². The molecular weight excluding hydrogens is 246 g/mol. The van der Waals surface area contributed by atoms with Crippen LogP contribution in [0.5, 0.6) is 0 Å². The van der Waals surface area contributed by atoms with E-state index in [1.807, 2.05) is 0 Å². The van der Waals surface area contributed by atoms with Crippen molar-refractivity contribution in [3.05, 3.63) is 0 Å². The molecular formula is C17H33N3. The molecule has 3 atom stereocenters. The third-order valence-corrected chi connectivity index (χ3v) is 4.81. The van der Waals surface area contributed by atoms with Crippen molar-refractivity contribution in [1.82, 2.24) is 10.2 Å². The maximum Gasteiger partial charge on any atom is 0.108 e. The minimum Gasteiger partial charge on any atom is -0.299 e. The highest BCUT2D eigenvalue weighted by molar-refractivity contribution is 5.13. The summed E-state index contributed by atoms with van der Waals surface area (Å²) in [5.41, 5.74) is -0.265. The fourth-order valence-electron chi connectivity index (χ4n) is 3.31. The summed E-state index contributed by atoms with van der Waals surface area (Å²) < 4.78 is 0. The molecule has 20 heavy (non-hydrogen) atoms. The van der Waals surface area contributed by atoms with Crippen LogP contribution < -0.4 is 5.32 Å². The molecule has 3 nitrogen and oxygen atoms in total. The fraction of sp³-hybridized carbons (Fsp3) is 0.941. The highest BCUT2D eigenvalue weighted by Gasteiger charge is 2.41. The second-order valence-electron chi connectivity index (χ2n) is 6.37. The maximum atomic E-state index is 9.58. The van der Waals surface area contributed by atoms with Crippen molar-refractivity contribution >= 4 is 0 Å². The van der Waals surface area contributed by atoms with Gasteiger partial charge in [-0.15, -0.1) is 0 Å². The lowest BCUT2D eigenvalue weighted by Crippen LogP contribution is -2.46. The molecule has 0 amide bonds. The van der Waals surface area contributed by atoms with Gasteiger partial charge < -0.3 is 0 Å². The molecule has 0 bridgehead atoms. The molecule has 1 saturated carbocycles. The summed E-state index contributed by atoms with van der Waals surface area (Å²) in [7, 11) is 0. The Balaban J connectivity index is 2.67. The van der Waals surface area contributed by atoms with E-state index in [-0.39, 0.29) is 5.54 Å². The molecule has 3 unspecified atom stereocenters.